The number of amides is 3. The third-order valence-corrected chi connectivity index (χ3v) is 6.04. The van der Waals surface area contributed by atoms with E-state index in [0.29, 0.717) is 17.4 Å². The number of nitrogens with zero attached hydrogens (tertiary/aromatic N) is 4. The minimum absolute atomic E-state index is 0.137. The molecule has 5 rings (SSSR count). The van der Waals surface area contributed by atoms with Gasteiger partial charge in [0, 0.05) is 38.4 Å². The molecule has 4 aromatic rings. The molecule has 2 aromatic carbocycles. The molecule has 0 bridgehead atoms. The topological polar surface area (TPSA) is 138 Å². The zero-order valence-corrected chi connectivity index (χ0v) is 21.6. The van der Waals surface area contributed by atoms with Crippen LogP contribution >= 0.6 is 0 Å². The Labute approximate surface area is 219 Å². The number of aryl methyl sites for hydroxylation is 2. The van der Waals surface area contributed by atoms with E-state index >= 15 is 0 Å². The largest absolute Gasteiger partial charge is 0.465 e. The third-order valence-electron chi connectivity index (χ3n) is 6.04. The molecule has 1 aliphatic carbocycles. The molecule has 0 atom stereocenters. The summed E-state index contributed by atoms with van der Waals surface area (Å²) < 4.78 is 15.6. The van der Waals surface area contributed by atoms with Gasteiger partial charge in [-0.3, -0.25) is 0 Å². The van der Waals surface area contributed by atoms with Crippen LogP contribution in [0, 0.1) is 12.7 Å². The number of urea groups is 1. The van der Waals surface area contributed by atoms with E-state index in [1.807, 2.05) is 26.1 Å². The van der Waals surface area contributed by atoms with Crippen LogP contribution in [0.25, 0.3) is 22.2 Å². The second kappa shape index (κ2) is 10.8. The van der Waals surface area contributed by atoms with Crippen LogP contribution in [0.2, 0.25) is 0 Å². The van der Waals surface area contributed by atoms with Crippen LogP contribution in [0.5, 0.6) is 0 Å². The van der Waals surface area contributed by atoms with Crippen LogP contribution in [-0.2, 0) is 7.05 Å². The molecule has 2 heterocycles. The smallest absolute Gasteiger partial charge is 0.406 e. The van der Waals surface area contributed by atoms with Crippen LogP contribution in [0.1, 0.15) is 30.0 Å². The Bertz CT molecular complexity index is 1500. The number of pyridine rings is 1. The number of carboxylic acid groups (broad SMARTS) is 1. The molecule has 1 fully saturated rings. The zero-order valence-electron chi connectivity index (χ0n) is 21.6. The van der Waals surface area contributed by atoms with Gasteiger partial charge in [-0.2, -0.15) is 5.10 Å². The fourth-order valence-electron chi connectivity index (χ4n) is 3.87. The summed E-state index contributed by atoms with van der Waals surface area (Å²) >= 11 is 0. The lowest BCUT2D eigenvalue weighted by atomic mass is 10.0. The summed E-state index contributed by atoms with van der Waals surface area (Å²) in [5.41, 5.74) is 11.5. The highest BCUT2D eigenvalue weighted by Gasteiger charge is 2.27. The first-order valence-corrected chi connectivity index (χ1v) is 12.0. The Morgan fingerprint density at radius 3 is 2.37 bits per heavy atom. The van der Waals surface area contributed by atoms with Gasteiger partial charge in [-0.15, -0.1) is 0 Å². The Balaban J connectivity index is 0.000000505. The Kier molecular flexibility index (Phi) is 7.47. The highest BCUT2D eigenvalue weighted by atomic mass is 19.1. The predicted molar refractivity (Wildman–Crippen MR) is 146 cm³/mol. The number of carbonyl (C=O) groups is 2. The Hall–Kier alpha value is -4.67. The van der Waals surface area contributed by atoms with E-state index in [0.717, 1.165) is 51.2 Å². The van der Waals surface area contributed by atoms with Gasteiger partial charge in [-0.25, -0.2) is 23.6 Å². The number of benzene rings is 2. The van der Waals surface area contributed by atoms with Gasteiger partial charge in [0.1, 0.15) is 5.82 Å². The highest BCUT2D eigenvalue weighted by molar-refractivity contribution is 6.02. The molecule has 198 valence electrons. The van der Waals surface area contributed by atoms with Gasteiger partial charge in [0.2, 0.25) is 0 Å². The van der Waals surface area contributed by atoms with Crippen molar-refractivity contribution in [3.05, 3.63) is 65.6 Å². The van der Waals surface area contributed by atoms with E-state index < -0.39 is 17.9 Å². The maximum absolute atomic E-state index is 13.9. The molecular weight excluding hydrogens is 489 g/mol. The third kappa shape index (κ3) is 6.00. The predicted octanol–water partition coefficient (Wildman–Crippen LogP) is 5.41. The van der Waals surface area contributed by atoms with Gasteiger partial charge in [-0.05, 0) is 66.8 Å². The molecular formula is C27H30FN7O3. The lowest BCUT2D eigenvalue weighted by Gasteiger charge is -2.11. The second-order valence-electron chi connectivity index (χ2n) is 9.39. The summed E-state index contributed by atoms with van der Waals surface area (Å²) in [5, 5.41) is 18.4. The average Bonchev–Trinajstić information content (AvgIpc) is 3.67. The molecule has 0 aliphatic heterocycles. The van der Waals surface area contributed by atoms with Crippen molar-refractivity contribution in [1.82, 2.24) is 19.7 Å². The number of rotatable bonds is 4. The molecule has 1 saturated carbocycles. The average molecular weight is 520 g/mol. The number of halogens is 1. The van der Waals surface area contributed by atoms with Crippen molar-refractivity contribution in [2.24, 2.45) is 7.05 Å². The molecule has 11 heteroatoms. The molecule has 0 unspecified atom stereocenters. The van der Waals surface area contributed by atoms with Crippen molar-refractivity contribution in [2.75, 3.05) is 30.5 Å². The molecule has 0 radical (unpaired) electrons. The van der Waals surface area contributed by atoms with Crippen molar-refractivity contribution in [3.63, 3.8) is 0 Å². The molecule has 0 saturated heterocycles. The number of nitrogens with one attached hydrogen (secondary N) is 2. The van der Waals surface area contributed by atoms with Gasteiger partial charge in [-0.1, -0.05) is 18.2 Å². The molecule has 0 spiro atoms. The number of fused-ring (bicyclic) bond motifs is 1. The number of hydrogen-bond donors (Lipinski definition) is 4. The lowest BCUT2D eigenvalue weighted by Crippen LogP contribution is -2.20. The summed E-state index contributed by atoms with van der Waals surface area (Å²) in [7, 11) is 4.79. The molecule has 3 amide bonds. The van der Waals surface area contributed by atoms with Crippen LogP contribution in [0.3, 0.4) is 0 Å². The van der Waals surface area contributed by atoms with Crippen molar-refractivity contribution in [3.8, 4) is 11.1 Å². The number of aromatic nitrogens is 3. The van der Waals surface area contributed by atoms with E-state index in [1.54, 1.807) is 28.9 Å². The number of anilines is 3. The van der Waals surface area contributed by atoms with E-state index in [1.165, 1.54) is 20.2 Å². The van der Waals surface area contributed by atoms with E-state index in [2.05, 4.69) is 21.8 Å². The zero-order chi connectivity index (χ0) is 27.6. The summed E-state index contributed by atoms with van der Waals surface area (Å²) in [6.45, 7) is 1.83. The van der Waals surface area contributed by atoms with Crippen LogP contribution < -0.4 is 16.4 Å². The Morgan fingerprint density at radius 1 is 1.11 bits per heavy atom. The van der Waals surface area contributed by atoms with Crippen LogP contribution in [-0.4, -0.2) is 51.0 Å². The fraction of sp³-hybridized carbons (Fsp3) is 0.259. The highest BCUT2D eigenvalue weighted by Crippen LogP contribution is 2.42. The van der Waals surface area contributed by atoms with Gasteiger partial charge < -0.3 is 26.4 Å². The summed E-state index contributed by atoms with van der Waals surface area (Å²) in [4.78, 5) is 27.8. The van der Waals surface area contributed by atoms with E-state index in [-0.39, 0.29) is 5.69 Å². The second-order valence-corrected chi connectivity index (χ2v) is 9.39. The Morgan fingerprint density at radius 2 is 1.76 bits per heavy atom. The molecule has 5 N–H and O–H groups in total. The molecule has 1 aliphatic rings. The van der Waals surface area contributed by atoms with Gasteiger partial charge in [0.05, 0.1) is 11.1 Å². The number of carbonyl (C=O) groups excluding carboxylic acids is 1. The first kappa shape index (κ1) is 26.4. The van der Waals surface area contributed by atoms with Gasteiger partial charge in [0.25, 0.3) is 0 Å². The summed E-state index contributed by atoms with van der Waals surface area (Å²) in [6, 6.07) is 13.6. The number of nitrogen functional groups attached to an aromatic ring is 1. The summed E-state index contributed by atoms with van der Waals surface area (Å²) in [6.07, 6.45) is 1.38. The van der Waals surface area contributed by atoms with E-state index in [4.69, 9.17) is 15.8 Å². The number of nitrogens with two attached hydrogens (primary N) is 1. The van der Waals surface area contributed by atoms with Crippen molar-refractivity contribution >= 4 is 40.4 Å². The van der Waals surface area contributed by atoms with Crippen molar-refractivity contribution in [1.29, 1.82) is 0 Å². The SMILES string of the molecule is CN(C)C(=O)O.Cc1ccc(F)c(NC(=O)Nc2ccc(-c3cc(C4CC4)nc4c3c(N)nn4C)cc2)c1. The first-order chi connectivity index (χ1) is 18.0. The van der Waals surface area contributed by atoms with E-state index in [9.17, 15) is 14.0 Å². The quantitative estimate of drug-likeness (QED) is 0.284. The van der Waals surface area contributed by atoms with Crippen LogP contribution in [0.15, 0.2) is 48.5 Å². The minimum Gasteiger partial charge on any atom is -0.465 e. The van der Waals surface area contributed by atoms with Gasteiger partial charge in [0.15, 0.2) is 11.5 Å². The monoisotopic (exact) mass is 519 g/mol. The minimum atomic E-state index is -0.907. The number of hydrogen-bond acceptors (Lipinski definition) is 5. The summed E-state index contributed by atoms with van der Waals surface area (Å²) in [5.74, 6) is 0.443. The standard InChI is InChI=1S/C24H23FN6O.C3H7NO2/c1-13-3-10-18(25)20(11-13)29-24(32)27-16-8-6-14(7-9-16)17-12-19(15-4-5-15)28-23-21(17)22(26)30-31(23)2;1-4(2)3(5)6/h3,6-12,15H,4-5H2,1-2H3,(H2,26,30)(H2,27,29,32);1-2H3,(H,5,6). The van der Waals surface area contributed by atoms with Crippen molar-refractivity contribution in [2.45, 2.75) is 25.7 Å². The molecule has 2 aromatic heterocycles. The van der Waals surface area contributed by atoms with Crippen molar-refractivity contribution < 1.29 is 19.1 Å². The molecule has 10 nitrogen and oxygen atoms in total. The first-order valence-electron chi connectivity index (χ1n) is 12.0. The fourth-order valence-corrected chi connectivity index (χ4v) is 3.87. The molecule has 38 heavy (non-hydrogen) atoms. The normalized spacial score (nSPS) is 12.4. The maximum atomic E-state index is 13.9. The maximum Gasteiger partial charge on any atom is 0.406 e. The van der Waals surface area contributed by atoms with Crippen LogP contribution in [0.4, 0.5) is 31.2 Å². The lowest BCUT2D eigenvalue weighted by molar-refractivity contribution is 0.165. The van der Waals surface area contributed by atoms with Gasteiger partial charge >= 0.3 is 12.1 Å².